The zero-order valence-corrected chi connectivity index (χ0v) is 22.1. The number of methoxy groups -OCH3 is 4. The lowest BCUT2D eigenvalue weighted by Crippen LogP contribution is -2.48. The normalized spacial score (nSPS) is 17.1. The number of nitrogens with zero attached hydrogens (tertiary/aromatic N) is 3. The van der Waals surface area contributed by atoms with Gasteiger partial charge in [0.25, 0.3) is 11.4 Å². The van der Waals surface area contributed by atoms with Crippen molar-refractivity contribution in [1.82, 2.24) is 4.90 Å². The summed E-state index contributed by atoms with van der Waals surface area (Å²) in [6, 6.07) is 4.47. The smallest absolute Gasteiger partial charge is 0.411 e. The highest BCUT2D eigenvalue weighted by Crippen LogP contribution is 2.46. The average molecular weight is 534 g/mol. The van der Waals surface area contributed by atoms with E-state index in [-0.39, 0.29) is 46.2 Å². The van der Waals surface area contributed by atoms with E-state index in [1.807, 2.05) is 13.8 Å². The Kier molecular flexibility index (Phi) is 8.81. The molecule has 0 saturated carbocycles. The van der Waals surface area contributed by atoms with Gasteiger partial charge in [-0.2, -0.15) is 0 Å². The lowest BCUT2D eigenvalue weighted by molar-refractivity contribution is -0.387. The molecule has 206 valence electrons. The minimum atomic E-state index is -1.58. The van der Waals surface area contributed by atoms with Gasteiger partial charge in [-0.05, 0) is 45.2 Å². The molecule has 1 fully saturated rings. The lowest BCUT2D eigenvalue weighted by atomic mass is 9.96. The fourth-order valence-corrected chi connectivity index (χ4v) is 4.74. The minimum absolute atomic E-state index is 0.0631. The molecule has 1 saturated heterocycles. The number of nitro benzene ring substituents is 2. The molecule has 2 atom stereocenters. The molecule has 38 heavy (non-hydrogen) atoms. The molecule has 3 rings (SSSR count). The molecular formula is C25H31N3O10. The van der Waals surface area contributed by atoms with Crippen LogP contribution in [-0.2, 0) is 4.74 Å². The number of amides is 1. The second-order valence-electron chi connectivity index (χ2n) is 8.85. The van der Waals surface area contributed by atoms with E-state index >= 15 is 0 Å². The Morgan fingerprint density at radius 3 is 1.50 bits per heavy atom. The average Bonchev–Trinajstić information content (AvgIpc) is 2.89. The Labute approximate surface area is 219 Å². The summed E-state index contributed by atoms with van der Waals surface area (Å²) in [6.45, 7) is 3.76. The quantitative estimate of drug-likeness (QED) is 0.317. The molecule has 0 aromatic heterocycles. The summed E-state index contributed by atoms with van der Waals surface area (Å²) in [5.74, 6) is 0.343. The van der Waals surface area contributed by atoms with Gasteiger partial charge >= 0.3 is 6.09 Å². The van der Waals surface area contributed by atoms with Crippen molar-refractivity contribution in [3.05, 3.63) is 55.6 Å². The molecule has 1 aliphatic rings. The Morgan fingerprint density at radius 2 is 1.16 bits per heavy atom. The highest BCUT2D eigenvalue weighted by Gasteiger charge is 2.38. The van der Waals surface area contributed by atoms with Gasteiger partial charge in [0.1, 0.15) is 0 Å². The number of ether oxygens (including phenoxy) is 5. The summed E-state index contributed by atoms with van der Waals surface area (Å²) in [6.07, 6.45) is 0.0821. The molecule has 13 nitrogen and oxygen atoms in total. The van der Waals surface area contributed by atoms with Crippen LogP contribution >= 0.6 is 0 Å². The van der Waals surface area contributed by atoms with Gasteiger partial charge in [-0.1, -0.05) is 0 Å². The van der Waals surface area contributed by atoms with Crippen LogP contribution in [-0.4, -0.2) is 61.4 Å². The number of rotatable bonds is 9. The predicted molar refractivity (Wildman–Crippen MR) is 135 cm³/mol. The SMILES string of the molecule is COc1cc(C(OC(=O)N2C(C)CCCC2C)c2cc(OC)c(OC)cc2[N+](=O)[O-])c([N+](=O)[O-])cc1OC. The first-order valence-electron chi connectivity index (χ1n) is 11.9. The Balaban J connectivity index is 2.31. The number of benzene rings is 2. The Bertz CT molecular complexity index is 1130. The monoisotopic (exact) mass is 533 g/mol. The van der Waals surface area contributed by atoms with E-state index in [2.05, 4.69) is 0 Å². The molecular weight excluding hydrogens is 502 g/mol. The van der Waals surface area contributed by atoms with Gasteiger partial charge in [0.05, 0.1) is 61.5 Å². The van der Waals surface area contributed by atoms with E-state index in [1.54, 1.807) is 4.90 Å². The van der Waals surface area contributed by atoms with Crippen molar-refractivity contribution in [3.63, 3.8) is 0 Å². The largest absolute Gasteiger partial charge is 0.493 e. The van der Waals surface area contributed by atoms with Gasteiger partial charge in [-0.15, -0.1) is 0 Å². The summed E-state index contributed by atoms with van der Waals surface area (Å²) in [5.41, 5.74) is -1.25. The number of likely N-dealkylation sites (tertiary alicyclic amines) is 1. The number of carbonyl (C=O) groups excluding carboxylic acids is 1. The number of hydrogen-bond donors (Lipinski definition) is 0. The van der Waals surface area contributed by atoms with E-state index in [4.69, 9.17) is 23.7 Å². The first kappa shape index (κ1) is 28.3. The highest BCUT2D eigenvalue weighted by molar-refractivity contribution is 5.71. The van der Waals surface area contributed by atoms with Crippen LogP contribution in [0.25, 0.3) is 0 Å². The third-order valence-electron chi connectivity index (χ3n) is 6.65. The second-order valence-corrected chi connectivity index (χ2v) is 8.85. The molecule has 0 bridgehead atoms. The van der Waals surface area contributed by atoms with E-state index in [9.17, 15) is 25.0 Å². The first-order valence-corrected chi connectivity index (χ1v) is 11.9. The number of hydrogen-bond acceptors (Lipinski definition) is 10. The van der Waals surface area contributed by atoms with Crippen molar-refractivity contribution in [1.29, 1.82) is 0 Å². The van der Waals surface area contributed by atoms with E-state index in [1.165, 1.54) is 40.6 Å². The summed E-state index contributed by atoms with van der Waals surface area (Å²) in [4.78, 5) is 38.0. The zero-order chi connectivity index (χ0) is 28.1. The number of piperidine rings is 1. The highest BCUT2D eigenvalue weighted by atomic mass is 16.6. The predicted octanol–water partition coefficient (Wildman–Crippen LogP) is 5.03. The summed E-state index contributed by atoms with van der Waals surface area (Å²) < 4.78 is 27.0. The van der Waals surface area contributed by atoms with Crippen LogP contribution in [0, 0.1) is 20.2 Å². The molecule has 2 aromatic rings. The minimum Gasteiger partial charge on any atom is -0.493 e. The molecule has 0 aliphatic carbocycles. The van der Waals surface area contributed by atoms with Crippen LogP contribution in [0.4, 0.5) is 16.2 Å². The van der Waals surface area contributed by atoms with Gasteiger partial charge in [0, 0.05) is 12.1 Å². The molecule has 2 unspecified atom stereocenters. The van der Waals surface area contributed by atoms with Gasteiger partial charge in [-0.25, -0.2) is 4.79 Å². The van der Waals surface area contributed by atoms with Gasteiger partial charge in [-0.3, -0.25) is 20.2 Å². The topological polar surface area (TPSA) is 153 Å². The second kappa shape index (κ2) is 11.8. The van der Waals surface area contributed by atoms with Crippen molar-refractivity contribution in [2.75, 3.05) is 28.4 Å². The van der Waals surface area contributed by atoms with Crippen LogP contribution in [0.15, 0.2) is 24.3 Å². The van der Waals surface area contributed by atoms with Crippen LogP contribution in [0.1, 0.15) is 50.3 Å². The van der Waals surface area contributed by atoms with Crippen molar-refractivity contribution >= 4 is 17.5 Å². The number of carbonyl (C=O) groups is 1. The van der Waals surface area contributed by atoms with Crippen LogP contribution in [0.3, 0.4) is 0 Å². The Hall–Kier alpha value is -4.29. The van der Waals surface area contributed by atoms with Crippen molar-refractivity contribution in [3.8, 4) is 23.0 Å². The van der Waals surface area contributed by atoms with E-state index in [0.717, 1.165) is 31.4 Å². The summed E-state index contributed by atoms with van der Waals surface area (Å²) in [7, 11) is 5.31. The van der Waals surface area contributed by atoms with Crippen molar-refractivity contribution in [2.24, 2.45) is 0 Å². The van der Waals surface area contributed by atoms with Crippen LogP contribution in [0.2, 0.25) is 0 Å². The fraction of sp³-hybridized carbons (Fsp3) is 0.480. The van der Waals surface area contributed by atoms with Gasteiger partial charge in [0.15, 0.2) is 29.1 Å². The zero-order valence-electron chi connectivity index (χ0n) is 22.1. The van der Waals surface area contributed by atoms with Crippen molar-refractivity contribution in [2.45, 2.75) is 51.3 Å². The molecule has 13 heteroatoms. The van der Waals surface area contributed by atoms with Crippen molar-refractivity contribution < 1.29 is 38.3 Å². The van der Waals surface area contributed by atoms with Gasteiger partial charge in [0.2, 0.25) is 0 Å². The molecule has 1 aliphatic heterocycles. The van der Waals surface area contributed by atoms with E-state index in [0.29, 0.717) is 0 Å². The third kappa shape index (κ3) is 5.50. The standard InChI is InChI=1S/C25H31N3O10/c1-14-8-7-9-15(2)26(14)25(29)38-24(16-10-20(34-3)22(36-5)12-18(16)27(30)31)17-11-21(35-4)23(37-6)13-19(17)28(32)33/h10-15,24H,7-9H2,1-6H3. The molecule has 0 radical (unpaired) electrons. The Morgan fingerprint density at radius 1 is 0.789 bits per heavy atom. The summed E-state index contributed by atoms with van der Waals surface area (Å²) in [5, 5.41) is 24.3. The maximum absolute atomic E-state index is 13.5. The molecule has 0 N–H and O–H groups in total. The van der Waals surface area contributed by atoms with Gasteiger partial charge < -0.3 is 28.6 Å². The van der Waals surface area contributed by atoms with Crippen LogP contribution in [0.5, 0.6) is 23.0 Å². The first-order chi connectivity index (χ1) is 18.1. The summed E-state index contributed by atoms with van der Waals surface area (Å²) >= 11 is 0. The lowest BCUT2D eigenvalue weighted by Gasteiger charge is -2.38. The number of nitro groups is 2. The molecule has 2 aromatic carbocycles. The molecule has 0 spiro atoms. The third-order valence-corrected chi connectivity index (χ3v) is 6.65. The maximum Gasteiger partial charge on any atom is 0.411 e. The molecule has 1 amide bonds. The van der Waals surface area contributed by atoms with Crippen LogP contribution < -0.4 is 18.9 Å². The maximum atomic E-state index is 13.5. The van der Waals surface area contributed by atoms with E-state index < -0.39 is 33.4 Å². The fourth-order valence-electron chi connectivity index (χ4n) is 4.74. The molecule has 1 heterocycles.